The average molecular weight is 541 g/mol. The lowest BCUT2D eigenvalue weighted by Gasteiger charge is -2.45. The van der Waals surface area contributed by atoms with Crippen LogP contribution in [0, 0.1) is 23.5 Å². The number of amides is 1. The maximum atomic E-state index is 13.7. The summed E-state index contributed by atoms with van der Waals surface area (Å²) < 4.78 is 54.1. The lowest BCUT2D eigenvalue weighted by molar-refractivity contribution is -0.0806. The summed E-state index contributed by atoms with van der Waals surface area (Å²) in [6.07, 6.45) is 2.18. The lowest BCUT2D eigenvalue weighted by atomic mass is 9.74. The van der Waals surface area contributed by atoms with Gasteiger partial charge in [-0.1, -0.05) is 11.6 Å². The highest BCUT2D eigenvalue weighted by atomic mass is 35.5. The Morgan fingerprint density at radius 1 is 1.14 bits per heavy atom. The third-order valence-corrected chi connectivity index (χ3v) is 10.5. The van der Waals surface area contributed by atoms with Crippen molar-refractivity contribution in [1.29, 1.82) is 0 Å². The van der Waals surface area contributed by atoms with Gasteiger partial charge in [0.25, 0.3) is 5.91 Å². The Morgan fingerprint density at radius 2 is 1.78 bits per heavy atom. The Balaban J connectivity index is 1.56. The van der Waals surface area contributed by atoms with Crippen LogP contribution in [0.3, 0.4) is 0 Å². The fraction of sp³-hybridized carbons (Fsp3) is 0.500. The van der Waals surface area contributed by atoms with Crippen LogP contribution in [0.1, 0.15) is 49.9 Å². The number of sulfone groups is 1. The quantitative estimate of drug-likeness (QED) is 0.521. The zero-order chi connectivity index (χ0) is 26.4. The van der Waals surface area contributed by atoms with E-state index in [2.05, 4.69) is 24.1 Å². The smallest absolute Gasteiger partial charge is 0.255 e. The molecule has 0 saturated heterocycles. The van der Waals surface area contributed by atoms with Crippen molar-refractivity contribution in [2.45, 2.75) is 61.3 Å². The Hall–Kier alpha value is -2.07. The number of hydrogen-bond donors (Lipinski definition) is 2. The zero-order valence-electron chi connectivity index (χ0n) is 20.5. The van der Waals surface area contributed by atoms with E-state index in [1.165, 1.54) is 24.3 Å². The van der Waals surface area contributed by atoms with Gasteiger partial charge >= 0.3 is 0 Å². The Morgan fingerprint density at radius 3 is 2.36 bits per heavy atom. The van der Waals surface area contributed by atoms with Crippen LogP contribution in [0.2, 0.25) is 5.02 Å². The minimum atomic E-state index is -3.90. The van der Waals surface area contributed by atoms with Crippen LogP contribution in [0.15, 0.2) is 41.3 Å². The SMILES string of the molecule is CC(C)N(C)CC1(O)C2CCC1CC(S(=O)(=O)c1cc(C(=O)Nc3ccc(F)c(F)c3)ccc1Cl)C2. The van der Waals surface area contributed by atoms with Gasteiger partial charge in [-0.15, -0.1) is 0 Å². The zero-order valence-corrected chi connectivity index (χ0v) is 22.0. The number of fused-ring (bicyclic) bond motifs is 2. The molecule has 2 aromatic rings. The van der Waals surface area contributed by atoms with E-state index in [1.54, 1.807) is 0 Å². The molecule has 2 fully saturated rings. The second kappa shape index (κ2) is 10.0. The summed E-state index contributed by atoms with van der Waals surface area (Å²) in [4.78, 5) is 14.7. The van der Waals surface area contributed by atoms with Crippen molar-refractivity contribution in [3.8, 4) is 0 Å². The molecule has 0 aromatic heterocycles. The number of nitrogens with one attached hydrogen (secondary N) is 1. The van der Waals surface area contributed by atoms with E-state index in [-0.39, 0.29) is 39.0 Å². The topological polar surface area (TPSA) is 86.7 Å². The van der Waals surface area contributed by atoms with Crippen LogP contribution in [-0.2, 0) is 9.84 Å². The molecule has 6 nitrogen and oxygen atoms in total. The highest BCUT2D eigenvalue weighted by Crippen LogP contribution is 2.52. The normalized spacial score (nSPS) is 26.0. The monoisotopic (exact) mass is 540 g/mol. The van der Waals surface area contributed by atoms with Crippen molar-refractivity contribution in [3.05, 3.63) is 58.6 Å². The second-order valence-electron chi connectivity index (χ2n) is 10.3. The van der Waals surface area contributed by atoms with Crippen LogP contribution < -0.4 is 5.32 Å². The summed E-state index contributed by atoms with van der Waals surface area (Å²) in [5.41, 5.74) is -0.870. The molecule has 0 spiro atoms. The summed E-state index contributed by atoms with van der Waals surface area (Å²) in [6, 6.07) is 7.15. The third kappa shape index (κ3) is 5.03. The number of hydrogen-bond acceptors (Lipinski definition) is 5. The first-order valence-corrected chi connectivity index (χ1v) is 14.0. The van der Waals surface area contributed by atoms with E-state index < -0.39 is 38.2 Å². The number of rotatable bonds is 7. The Kier molecular flexibility index (Phi) is 7.50. The van der Waals surface area contributed by atoms with Crippen LogP contribution in [-0.4, -0.2) is 54.8 Å². The van der Waals surface area contributed by atoms with E-state index in [0.29, 0.717) is 19.4 Å². The largest absolute Gasteiger partial charge is 0.388 e. The molecule has 1 amide bonds. The first-order chi connectivity index (χ1) is 16.8. The highest BCUT2D eigenvalue weighted by molar-refractivity contribution is 7.92. The molecular weight excluding hydrogens is 510 g/mol. The number of carbonyl (C=O) groups excluding carboxylic acids is 1. The number of carbonyl (C=O) groups is 1. The van der Waals surface area contributed by atoms with E-state index >= 15 is 0 Å². The molecule has 2 unspecified atom stereocenters. The fourth-order valence-electron chi connectivity index (χ4n) is 5.52. The fourth-order valence-corrected chi connectivity index (χ4v) is 7.93. The second-order valence-corrected chi connectivity index (χ2v) is 12.9. The van der Waals surface area contributed by atoms with E-state index in [0.717, 1.165) is 25.0 Å². The summed E-state index contributed by atoms with van der Waals surface area (Å²) in [6.45, 7) is 4.60. The van der Waals surface area contributed by atoms with Crippen LogP contribution >= 0.6 is 11.6 Å². The molecule has 2 N–H and O–H groups in total. The predicted molar refractivity (Wildman–Crippen MR) is 135 cm³/mol. The van der Waals surface area contributed by atoms with Crippen molar-refractivity contribution in [3.63, 3.8) is 0 Å². The molecule has 2 aliphatic carbocycles. The van der Waals surface area contributed by atoms with Crippen molar-refractivity contribution in [2.24, 2.45) is 11.8 Å². The molecule has 36 heavy (non-hydrogen) atoms. The standard InChI is InChI=1S/C26H31ClF2N2O4S/c1-15(2)31(3)14-26(33)17-5-6-18(26)12-20(11-17)36(34,35)24-10-16(4-8-21(24)27)25(32)30-19-7-9-22(28)23(29)13-19/h4,7-10,13,15,17-18,20,33H,5-6,11-12,14H2,1-3H3,(H,30,32). The van der Waals surface area contributed by atoms with Crippen molar-refractivity contribution in [1.82, 2.24) is 4.90 Å². The maximum absolute atomic E-state index is 13.7. The first-order valence-electron chi connectivity index (χ1n) is 12.1. The minimum absolute atomic E-state index is 0.00657. The maximum Gasteiger partial charge on any atom is 0.255 e. The first kappa shape index (κ1) is 27.0. The van der Waals surface area contributed by atoms with Gasteiger partial charge in [0, 0.05) is 29.9 Å². The van der Waals surface area contributed by atoms with E-state index in [9.17, 15) is 27.1 Å². The average Bonchev–Trinajstić information content (AvgIpc) is 2.98. The third-order valence-electron chi connectivity index (χ3n) is 7.87. The van der Waals surface area contributed by atoms with Gasteiger partial charge in [0.1, 0.15) is 0 Å². The van der Waals surface area contributed by atoms with Gasteiger partial charge in [-0.25, -0.2) is 17.2 Å². The van der Waals surface area contributed by atoms with Crippen molar-refractivity contribution in [2.75, 3.05) is 18.9 Å². The molecule has 2 aliphatic rings. The molecule has 0 heterocycles. The predicted octanol–water partition coefficient (Wildman–Crippen LogP) is 4.90. The Bertz CT molecular complexity index is 1260. The molecule has 10 heteroatoms. The van der Waals surface area contributed by atoms with Crippen LogP contribution in [0.25, 0.3) is 0 Å². The molecule has 2 bridgehead atoms. The van der Waals surface area contributed by atoms with Gasteiger partial charge in [0.2, 0.25) is 0 Å². The number of halogens is 3. The van der Waals surface area contributed by atoms with Gasteiger partial charge in [0.15, 0.2) is 21.5 Å². The van der Waals surface area contributed by atoms with Crippen molar-refractivity contribution >= 4 is 33.0 Å². The van der Waals surface area contributed by atoms with E-state index in [4.69, 9.17) is 11.6 Å². The van der Waals surface area contributed by atoms with Gasteiger partial charge in [0.05, 0.1) is 20.8 Å². The number of benzene rings is 2. The lowest BCUT2D eigenvalue weighted by Crippen LogP contribution is -2.55. The van der Waals surface area contributed by atoms with Gasteiger partial charge < -0.3 is 15.3 Å². The summed E-state index contributed by atoms with van der Waals surface area (Å²) in [5.74, 6) is -3.12. The van der Waals surface area contributed by atoms with Crippen LogP contribution in [0.4, 0.5) is 14.5 Å². The molecule has 2 aromatic carbocycles. The molecule has 4 rings (SSSR count). The van der Waals surface area contributed by atoms with Crippen molar-refractivity contribution < 1.29 is 27.1 Å². The van der Waals surface area contributed by atoms with Gasteiger partial charge in [-0.05, 0) is 88.7 Å². The van der Waals surface area contributed by atoms with Crippen LogP contribution in [0.5, 0.6) is 0 Å². The highest BCUT2D eigenvalue weighted by Gasteiger charge is 2.56. The van der Waals surface area contributed by atoms with Gasteiger partial charge in [-0.2, -0.15) is 0 Å². The molecule has 2 atom stereocenters. The van der Waals surface area contributed by atoms with Gasteiger partial charge in [-0.3, -0.25) is 4.79 Å². The molecule has 0 aliphatic heterocycles. The number of aliphatic hydroxyl groups is 1. The number of anilines is 1. The Labute approximate surface area is 215 Å². The summed E-state index contributed by atoms with van der Waals surface area (Å²) in [7, 11) is -1.94. The minimum Gasteiger partial charge on any atom is -0.388 e. The molecule has 196 valence electrons. The summed E-state index contributed by atoms with van der Waals surface area (Å²) >= 11 is 6.29. The summed E-state index contributed by atoms with van der Waals surface area (Å²) in [5, 5.41) is 13.3. The number of likely N-dealkylation sites (N-methyl/N-ethyl adjacent to an activating group) is 1. The van der Waals surface area contributed by atoms with E-state index in [1.807, 2.05) is 7.05 Å². The molecule has 0 radical (unpaired) electrons. The molecule has 2 saturated carbocycles. The number of nitrogens with zero attached hydrogens (tertiary/aromatic N) is 1. The molecular formula is C26H31ClF2N2O4S.